The third-order valence-corrected chi connectivity index (χ3v) is 6.13. The molecular formula is C22H20Cl2N4O2S. The molecule has 1 atom stereocenters. The van der Waals surface area contributed by atoms with Crippen LogP contribution in [0.5, 0.6) is 0 Å². The molecule has 31 heavy (non-hydrogen) atoms. The third kappa shape index (κ3) is 4.23. The average molecular weight is 475 g/mol. The second-order valence-corrected chi connectivity index (χ2v) is 10.2. The average Bonchev–Trinajstić information content (AvgIpc) is 3.34. The van der Waals surface area contributed by atoms with E-state index in [1.165, 1.54) is 0 Å². The van der Waals surface area contributed by atoms with Gasteiger partial charge in [-0.05, 0) is 35.4 Å². The number of para-hydroxylation sites is 1. The van der Waals surface area contributed by atoms with E-state index >= 15 is 0 Å². The quantitative estimate of drug-likeness (QED) is 0.342. The van der Waals surface area contributed by atoms with Gasteiger partial charge in [0.15, 0.2) is 0 Å². The summed E-state index contributed by atoms with van der Waals surface area (Å²) in [5.74, 6) is 0.673. The molecule has 9 heteroatoms. The summed E-state index contributed by atoms with van der Waals surface area (Å²) in [6.07, 6.45) is 1.60. The molecule has 2 aromatic carbocycles. The van der Waals surface area contributed by atoms with Gasteiger partial charge in [0.25, 0.3) is 5.89 Å². The molecule has 0 spiro atoms. The molecule has 0 fully saturated rings. The van der Waals surface area contributed by atoms with E-state index in [2.05, 4.69) is 10.2 Å². The van der Waals surface area contributed by atoms with Gasteiger partial charge in [-0.15, -0.1) is 10.2 Å². The van der Waals surface area contributed by atoms with Crippen molar-refractivity contribution in [3.63, 3.8) is 0 Å². The molecule has 160 valence electrons. The number of aromatic nitrogens is 4. The van der Waals surface area contributed by atoms with Gasteiger partial charge in [0.1, 0.15) is 11.9 Å². The Morgan fingerprint density at radius 1 is 1.00 bits per heavy atom. The van der Waals surface area contributed by atoms with Gasteiger partial charge in [-0.25, -0.2) is 4.68 Å². The molecule has 6 nitrogen and oxygen atoms in total. The van der Waals surface area contributed by atoms with Crippen LogP contribution in [0.3, 0.4) is 0 Å². The van der Waals surface area contributed by atoms with Crippen LogP contribution in [0.15, 0.2) is 57.8 Å². The van der Waals surface area contributed by atoms with Gasteiger partial charge in [0, 0.05) is 16.0 Å². The maximum Gasteiger partial charge on any atom is 0.273 e. The molecule has 4 rings (SSSR count). The number of benzene rings is 2. The number of hydrogen-bond acceptors (Lipinski definition) is 5. The second kappa shape index (κ2) is 8.31. The van der Waals surface area contributed by atoms with Gasteiger partial charge in [-0.3, -0.25) is 0 Å². The molecule has 0 radical (unpaired) electrons. The molecule has 0 saturated heterocycles. The molecule has 0 aliphatic carbocycles. The highest BCUT2D eigenvalue weighted by Crippen LogP contribution is 2.39. The molecule has 2 aromatic heterocycles. The van der Waals surface area contributed by atoms with Crippen LogP contribution in [0.1, 0.15) is 26.7 Å². The van der Waals surface area contributed by atoms with Crippen molar-refractivity contribution in [1.29, 1.82) is 0 Å². The van der Waals surface area contributed by atoms with Gasteiger partial charge >= 0.3 is 0 Å². The Balaban J connectivity index is 2.03. The standard InChI is InChI=1S/C22H20Cl2N4O2S/c1-22(2,3)21-26-25-20(30-21)17-19(31(4)29)18(13-9-11-14(23)12-10-13)28(27-17)16-8-6-5-7-15(16)24/h5-12H,1-4H3. The highest BCUT2D eigenvalue weighted by atomic mass is 35.5. The van der Waals surface area contributed by atoms with Crippen molar-refractivity contribution in [1.82, 2.24) is 20.0 Å². The van der Waals surface area contributed by atoms with Crippen molar-refractivity contribution in [2.45, 2.75) is 31.1 Å². The number of rotatable bonds is 4. The molecular weight excluding hydrogens is 455 g/mol. The van der Waals surface area contributed by atoms with Gasteiger partial charge in [-0.1, -0.05) is 68.2 Å². The summed E-state index contributed by atoms with van der Waals surface area (Å²) < 4.78 is 20.5. The lowest BCUT2D eigenvalue weighted by molar-refractivity contribution is 0.398. The first-order chi connectivity index (χ1) is 14.7. The maximum absolute atomic E-state index is 12.9. The van der Waals surface area contributed by atoms with Crippen molar-refractivity contribution in [3.05, 3.63) is 64.5 Å². The fourth-order valence-electron chi connectivity index (χ4n) is 3.10. The lowest BCUT2D eigenvalue weighted by atomic mass is 9.97. The van der Waals surface area contributed by atoms with E-state index in [0.29, 0.717) is 37.9 Å². The lowest BCUT2D eigenvalue weighted by Gasteiger charge is -2.11. The fourth-order valence-corrected chi connectivity index (χ4v) is 4.32. The molecule has 0 N–H and O–H groups in total. The Kier molecular flexibility index (Phi) is 5.87. The Bertz CT molecular complexity index is 1230. The van der Waals surface area contributed by atoms with Crippen molar-refractivity contribution in [3.8, 4) is 28.5 Å². The Hall–Kier alpha value is -2.32. The largest absolute Gasteiger partial charge is 0.612 e. The van der Waals surface area contributed by atoms with Crippen molar-refractivity contribution >= 4 is 34.4 Å². The summed E-state index contributed by atoms with van der Waals surface area (Å²) in [5.41, 5.74) is 2.07. The molecule has 0 aliphatic heterocycles. The van der Waals surface area contributed by atoms with E-state index in [4.69, 9.17) is 32.7 Å². The van der Waals surface area contributed by atoms with Crippen molar-refractivity contribution in [2.24, 2.45) is 0 Å². The van der Waals surface area contributed by atoms with Crippen molar-refractivity contribution in [2.75, 3.05) is 6.26 Å². The van der Waals surface area contributed by atoms with Gasteiger partial charge in [0.2, 0.25) is 16.5 Å². The van der Waals surface area contributed by atoms with Crippen LogP contribution in [0.4, 0.5) is 0 Å². The maximum atomic E-state index is 12.9. The molecule has 0 bridgehead atoms. The predicted octanol–water partition coefficient (Wildman–Crippen LogP) is 5.93. The zero-order valence-electron chi connectivity index (χ0n) is 17.4. The molecule has 1 unspecified atom stereocenters. The molecule has 0 aliphatic rings. The van der Waals surface area contributed by atoms with Crippen LogP contribution in [0.2, 0.25) is 10.0 Å². The fraction of sp³-hybridized carbons (Fsp3) is 0.227. The van der Waals surface area contributed by atoms with Crippen LogP contribution in [-0.2, 0) is 16.6 Å². The second-order valence-electron chi connectivity index (χ2n) is 8.01. The Morgan fingerprint density at radius 3 is 2.26 bits per heavy atom. The monoisotopic (exact) mass is 474 g/mol. The molecule has 2 heterocycles. The minimum Gasteiger partial charge on any atom is -0.612 e. The minimum atomic E-state index is -1.42. The lowest BCUT2D eigenvalue weighted by Crippen LogP contribution is -2.11. The Morgan fingerprint density at radius 2 is 1.68 bits per heavy atom. The zero-order chi connectivity index (χ0) is 22.3. The van der Waals surface area contributed by atoms with E-state index in [1.54, 1.807) is 29.1 Å². The third-order valence-electron chi connectivity index (χ3n) is 4.60. The normalized spacial score (nSPS) is 12.9. The van der Waals surface area contributed by atoms with Crippen LogP contribution in [0, 0.1) is 0 Å². The van der Waals surface area contributed by atoms with E-state index in [9.17, 15) is 4.55 Å². The van der Waals surface area contributed by atoms with E-state index < -0.39 is 11.2 Å². The topological polar surface area (TPSA) is 79.8 Å². The first-order valence-corrected chi connectivity index (χ1v) is 11.8. The van der Waals surface area contributed by atoms with Crippen LogP contribution < -0.4 is 0 Å². The summed E-state index contributed by atoms with van der Waals surface area (Å²) in [6.45, 7) is 5.93. The number of nitrogens with zero attached hydrogens (tertiary/aromatic N) is 4. The molecule has 4 aromatic rings. The van der Waals surface area contributed by atoms with Gasteiger partial charge in [-0.2, -0.15) is 5.10 Å². The van der Waals surface area contributed by atoms with E-state index in [-0.39, 0.29) is 11.3 Å². The predicted molar refractivity (Wildman–Crippen MR) is 123 cm³/mol. The van der Waals surface area contributed by atoms with Gasteiger partial charge < -0.3 is 8.97 Å². The summed E-state index contributed by atoms with van der Waals surface area (Å²) in [5, 5.41) is 14.2. The Labute approximate surface area is 193 Å². The highest BCUT2D eigenvalue weighted by Gasteiger charge is 2.33. The molecule has 0 amide bonds. The zero-order valence-corrected chi connectivity index (χ0v) is 19.7. The first kappa shape index (κ1) is 21.9. The molecule has 0 saturated carbocycles. The summed E-state index contributed by atoms with van der Waals surface area (Å²) in [6, 6.07) is 14.6. The summed E-state index contributed by atoms with van der Waals surface area (Å²) in [4.78, 5) is 0.478. The smallest absolute Gasteiger partial charge is 0.273 e. The first-order valence-electron chi connectivity index (χ1n) is 9.48. The van der Waals surface area contributed by atoms with E-state index in [0.717, 1.165) is 5.56 Å². The SMILES string of the molecule is C[S+]([O-])c1c(-c2nnc(C(C)(C)C)o2)nn(-c2ccccc2Cl)c1-c1ccc(Cl)cc1. The number of halogens is 2. The summed E-state index contributed by atoms with van der Waals surface area (Å²) in [7, 11) is 0. The van der Waals surface area contributed by atoms with Gasteiger partial charge in [0.05, 0.1) is 10.7 Å². The van der Waals surface area contributed by atoms with Crippen molar-refractivity contribution < 1.29 is 8.97 Å². The number of hydrogen-bond donors (Lipinski definition) is 0. The minimum absolute atomic E-state index is 0.205. The van der Waals surface area contributed by atoms with Crippen LogP contribution in [0.25, 0.3) is 28.5 Å². The van der Waals surface area contributed by atoms with Crippen LogP contribution >= 0.6 is 23.2 Å². The van der Waals surface area contributed by atoms with Crippen LogP contribution in [-0.4, -0.2) is 30.8 Å². The highest BCUT2D eigenvalue weighted by molar-refractivity contribution is 7.91. The summed E-state index contributed by atoms with van der Waals surface area (Å²) >= 11 is 11.2. The van der Waals surface area contributed by atoms with E-state index in [1.807, 2.05) is 51.1 Å².